The van der Waals surface area contributed by atoms with Gasteiger partial charge in [-0.25, -0.2) is 9.82 Å². The third-order valence-corrected chi connectivity index (χ3v) is 3.84. The first-order valence-corrected chi connectivity index (χ1v) is 6.74. The molecule has 0 heterocycles. The normalized spacial score (nSPS) is 12.4. The summed E-state index contributed by atoms with van der Waals surface area (Å²) in [6.45, 7) is 0. The standard InChI is InChI=1S/C13H11ClFIN2/c14-9-4-5-12(16)11(7-9)13(18-17)8-2-1-3-10(15)6-8/h1-7,13,18H,17H2. The summed E-state index contributed by atoms with van der Waals surface area (Å²) in [5.41, 5.74) is 4.39. The van der Waals surface area contributed by atoms with Crippen LogP contribution in [0, 0.1) is 9.39 Å². The summed E-state index contributed by atoms with van der Waals surface area (Å²) >= 11 is 8.19. The lowest BCUT2D eigenvalue weighted by Crippen LogP contribution is -2.29. The molecule has 0 aliphatic rings. The minimum atomic E-state index is -0.287. The molecule has 94 valence electrons. The number of hydrazine groups is 1. The number of nitrogens with two attached hydrogens (primary N) is 1. The van der Waals surface area contributed by atoms with Crippen LogP contribution in [-0.2, 0) is 0 Å². The molecule has 0 amide bonds. The molecule has 2 aromatic rings. The van der Waals surface area contributed by atoms with Crippen molar-refractivity contribution in [3.05, 3.63) is 68.0 Å². The van der Waals surface area contributed by atoms with E-state index < -0.39 is 0 Å². The van der Waals surface area contributed by atoms with E-state index in [1.165, 1.54) is 12.1 Å². The van der Waals surface area contributed by atoms with E-state index in [4.69, 9.17) is 17.4 Å². The molecule has 0 saturated carbocycles. The van der Waals surface area contributed by atoms with Gasteiger partial charge in [-0.2, -0.15) is 0 Å². The molecule has 0 fully saturated rings. The third kappa shape index (κ3) is 3.00. The Labute approximate surface area is 123 Å². The van der Waals surface area contributed by atoms with Gasteiger partial charge in [-0.15, -0.1) is 0 Å². The molecule has 5 heteroatoms. The maximum atomic E-state index is 13.3. The monoisotopic (exact) mass is 376 g/mol. The van der Waals surface area contributed by atoms with Crippen molar-refractivity contribution in [2.45, 2.75) is 6.04 Å². The lowest BCUT2D eigenvalue weighted by molar-refractivity contribution is 0.604. The zero-order valence-electron chi connectivity index (χ0n) is 9.33. The summed E-state index contributed by atoms with van der Waals surface area (Å²) in [7, 11) is 0. The van der Waals surface area contributed by atoms with Gasteiger partial charge in [0.25, 0.3) is 0 Å². The number of halogens is 3. The van der Waals surface area contributed by atoms with Gasteiger partial charge in [0.05, 0.1) is 6.04 Å². The number of benzene rings is 2. The molecule has 2 aromatic carbocycles. The molecule has 0 spiro atoms. The first kappa shape index (κ1) is 13.7. The van der Waals surface area contributed by atoms with E-state index in [-0.39, 0.29) is 11.9 Å². The van der Waals surface area contributed by atoms with Crippen molar-refractivity contribution < 1.29 is 4.39 Å². The molecule has 2 rings (SSSR count). The second kappa shape index (κ2) is 5.97. The summed E-state index contributed by atoms with van der Waals surface area (Å²) < 4.78 is 14.3. The first-order chi connectivity index (χ1) is 8.61. The van der Waals surface area contributed by atoms with Crippen LogP contribution in [0.25, 0.3) is 0 Å². The van der Waals surface area contributed by atoms with Crippen LogP contribution in [0.3, 0.4) is 0 Å². The van der Waals surface area contributed by atoms with Gasteiger partial charge in [-0.1, -0.05) is 23.7 Å². The number of rotatable bonds is 3. The Kier molecular flexibility index (Phi) is 4.55. The van der Waals surface area contributed by atoms with Crippen molar-refractivity contribution in [3.63, 3.8) is 0 Å². The highest BCUT2D eigenvalue weighted by Crippen LogP contribution is 2.28. The molecule has 0 radical (unpaired) electrons. The second-order valence-corrected chi connectivity index (χ2v) is 5.42. The fourth-order valence-corrected chi connectivity index (χ4v) is 2.61. The van der Waals surface area contributed by atoms with Crippen LogP contribution in [0.5, 0.6) is 0 Å². The molecule has 0 aromatic heterocycles. The Morgan fingerprint density at radius 3 is 2.67 bits per heavy atom. The molecular weight excluding hydrogens is 366 g/mol. The van der Waals surface area contributed by atoms with Crippen LogP contribution >= 0.6 is 34.2 Å². The van der Waals surface area contributed by atoms with Crippen molar-refractivity contribution in [2.75, 3.05) is 0 Å². The second-order valence-electron chi connectivity index (χ2n) is 3.82. The van der Waals surface area contributed by atoms with Crippen molar-refractivity contribution in [1.29, 1.82) is 0 Å². The van der Waals surface area contributed by atoms with Crippen molar-refractivity contribution >= 4 is 34.2 Å². The summed E-state index contributed by atoms with van der Waals surface area (Å²) in [4.78, 5) is 0. The average Bonchev–Trinajstić information content (AvgIpc) is 2.35. The smallest absolute Gasteiger partial charge is 0.123 e. The maximum absolute atomic E-state index is 13.3. The van der Waals surface area contributed by atoms with Crippen molar-refractivity contribution in [1.82, 2.24) is 5.43 Å². The Morgan fingerprint density at radius 1 is 1.22 bits per heavy atom. The Hall–Kier alpha value is -0.690. The molecule has 0 bridgehead atoms. The van der Waals surface area contributed by atoms with E-state index in [2.05, 4.69) is 28.0 Å². The van der Waals surface area contributed by atoms with Gasteiger partial charge in [0, 0.05) is 8.59 Å². The summed E-state index contributed by atoms with van der Waals surface area (Å²) in [6.07, 6.45) is 0. The third-order valence-electron chi connectivity index (χ3n) is 2.62. The number of nitrogens with one attached hydrogen (secondary N) is 1. The lowest BCUT2D eigenvalue weighted by Gasteiger charge is -2.18. The van der Waals surface area contributed by atoms with Crippen LogP contribution in [0.1, 0.15) is 17.2 Å². The summed E-state index contributed by atoms with van der Waals surface area (Å²) in [5, 5.41) is 0.627. The van der Waals surface area contributed by atoms with Crippen LogP contribution in [0.4, 0.5) is 4.39 Å². The summed E-state index contributed by atoms with van der Waals surface area (Å²) in [6, 6.07) is 11.6. The quantitative estimate of drug-likeness (QED) is 0.488. The molecule has 3 N–H and O–H groups in total. The van der Waals surface area contributed by atoms with Crippen LogP contribution in [0.2, 0.25) is 5.02 Å². The van der Waals surface area contributed by atoms with E-state index in [1.807, 2.05) is 24.3 Å². The molecule has 0 aliphatic heterocycles. The summed E-state index contributed by atoms with van der Waals surface area (Å²) in [5.74, 6) is 5.30. The number of hydrogen-bond donors (Lipinski definition) is 2. The van der Waals surface area contributed by atoms with Gasteiger partial charge in [0.1, 0.15) is 5.82 Å². The molecule has 1 unspecified atom stereocenters. The van der Waals surface area contributed by atoms with Crippen LogP contribution in [-0.4, -0.2) is 0 Å². The van der Waals surface area contributed by atoms with Gasteiger partial charge >= 0.3 is 0 Å². The molecule has 1 atom stereocenters. The first-order valence-electron chi connectivity index (χ1n) is 5.28. The molecule has 2 nitrogen and oxygen atoms in total. The average molecular weight is 377 g/mol. The Bertz CT molecular complexity index is 562. The van der Waals surface area contributed by atoms with E-state index in [1.54, 1.807) is 6.07 Å². The molecule has 0 saturated heterocycles. The highest BCUT2D eigenvalue weighted by Gasteiger charge is 2.16. The minimum Gasteiger partial charge on any atom is -0.271 e. The van der Waals surface area contributed by atoms with Crippen molar-refractivity contribution in [2.24, 2.45) is 5.84 Å². The fraction of sp³-hybridized carbons (Fsp3) is 0.0769. The molecule has 18 heavy (non-hydrogen) atoms. The van der Waals surface area contributed by atoms with Crippen molar-refractivity contribution in [3.8, 4) is 0 Å². The van der Waals surface area contributed by atoms with Gasteiger partial charge in [0.2, 0.25) is 0 Å². The largest absolute Gasteiger partial charge is 0.271 e. The maximum Gasteiger partial charge on any atom is 0.123 e. The zero-order chi connectivity index (χ0) is 13.1. The Balaban J connectivity index is 2.48. The number of hydrogen-bond acceptors (Lipinski definition) is 2. The molecule has 0 aliphatic carbocycles. The van der Waals surface area contributed by atoms with Gasteiger partial charge in [-0.05, 0) is 64.0 Å². The van der Waals surface area contributed by atoms with Gasteiger partial charge in [0.15, 0.2) is 0 Å². The lowest BCUT2D eigenvalue weighted by atomic mass is 9.99. The predicted octanol–water partition coefficient (Wildman–Crippen LogP) is 3.64. The van der Waals surface area contributed by atoms with Crippen LogP contribution in [0.15, 0.2) is 42.5 Å². The van der Waals surface area contributed by atoms with Gasteiger partial charge in [-0.3, -0.25) is 5.84 Å². The van der Waals surface area contributed by atoms with Gasteiger partial charge < -0.3 is 0 Å². The van der Waals surface area contributed by atoms with E-state index in [0.717, 1.165) is 14.7 Å². The van der Waals surface area contributed by atoms with E-state index >= 15 is 0 Å². The predicted molar refractivity (Wildman–Crippen MR) is 79.7 cm³/mol. The molecular formula is C13H11ClFIN2. The Morgan fingerprint density at radius 2 is 2.00 bits per heavy atom. The highest BCUT2D eigenvalue weighted by atomic mass is 127. The topological polar surface area (TPSA) is 38.0 Å². The highest BCUT2D eigenvalue weighted by molar-refractivity contribution is 14.1. The van der Waals surface area contributed by atoms with E-state index in [9.17, 15) is 4.39 Å². The fourth-order valence-electron chi connectivity index (χ4n) is 1.79. The van der Waals surface area contributed by atoms with Crippen LogP contribution < -0.4 is 11.3 Å². The van der Waals surface area contributed by atoms with E-state index in [0.29, 0.717) is 5.02 Å². The minimum absolute atomic E-state index is 0.286. The SMILES string of the molecule is NNC(c1cccc(F)c1)c1cc(Cl)ccc1I. The zero-order valence-corrected chi connectivity index (χ0v) is 12.2.